The second kappa shape index (κ2) is 14.8. The van der Waals surface area contributed by atoms with Crippen LogP contribution in [0.4, 0.5) is 0 Å². The predicted octanol–water partition coefficient (Wildman–Crippen LogP) is 6.28. The zero-order valence-corrected chi connectivity index (χ0v) is 24.2. The molecule has 1 aliphatic heterocycles. The molecule has 0 N–H and O–H groups in total. The lowest BCUT2D eigenvalue weighted by Crippen LogP contribution is -2.62. The maximum atomic E-state index is 6.40. The van der Waals surface area contributed by atoms with Gasteiger partial charge in [-0.05, 0) is 16.7 Å². The van der Waals surface area contributed by atoms with Gasteiger partial charge in [-0.2, -0.15) is 0 Å². The van der Waals surface area contributed by atoms with Crippen molar-refractivity contribution in [3.8, 4) is 0 Å². The van der Waals surface area contributed by atoms with E-state index in [4.69, 9.17) is 61.3 Å². The summed E-state index contributed by atoms with van der Waals surface area (Å²) in [6.07, 6.45) is -7.15. The van der Waals surface area contributed by atoms with E-state index in [1.807, 2.05) is 91.0 Å². The Morgan fingerprint density at radius 3 is 1.61 bits per heavy atom. The Bertz CT molecular complexity index is 1070. The molecule has 0 spiro atoms. The number of hydrogen-bond acceptors (Lipinski definition) is 6. The summed E-state index contributed by atoms with van der Waals surface area (Å²) >= 11 is 18.8. The Kier molecular flexibility index (Phi) is 11.5. The third-order valence-corrected chi connectivity index (χ3v) is 7.40. The molecule has 1 saturated heterocycles. The van der Waals surface area contributed by atoms with Crippen molar-refractivity contribution in [2.24, 2.45) is 0 Å². The van der Waals surface area contributed by atoms with E-state index in [0.717, 1.165) is 16.7 Å². The van der Waals surface area contributed by atoms with Crippen LogP contribution in [0.5, 0.6) is 0 Å². The van der Waals surface area contributed by atoms with Crippen LogP contribution in [0.25, 0.3) is 0 Å². The van der Waals surface area contributed by atoms with Crippen molar-refractivity contribution in [1.82, 2.24) is 0 Å². The third-order valence-electron chi connectivity index (χ3n) is 6.06. The molecule has 5 atom stereocenters. The number of ether oxygens (including phenoxy) is 5. The largest absolute Gasteiger partial charge is 0.494 e. The molecule has 0 bridgehead atoms. The number of methoxy groups -OCH3 is 1. The van der Waals surface area contributed by atoms with Crippen LogP contribution < -0.4 is 0 Å². The van der Waals surface area contributed by atoms with Crippen molar-refractivity contribution in [3.05, 3.63) is 108 Å². The molecule has 0 aliphatic carbocycles. The van der Waals surface area contributed by atoms with E-state index in [9.17, 15) is 0 Å². The highest BCUT2D eigenvalue weighted by atomic mass is 35.8. The van der Waals surface area contributed by atoms with Crippen LogP contribution in [0.3, 0.4) is 0 Å². The fourth-order valence-electron chi connectivity index (χ4n) is 4.27. The molecular weight excluding hydrogens is 567 g/mol. The Balaban J connectivity index is 1.56. The van der Waals surface area contributed by atoms with Crippen molar-refractivity contribution in [2.75, 3.05) is 13.7 Å². The summed E-state index contributed by atoms with van der Waals surface area (Å²) in [6, 6.07) is 29.5. The third kappa shape index (κ3) is 9.03. The van der Waals surface area contributed by atoms with E-state index >= 15 is 0 Å². The van der Waals surface area contributed by atoms with Crippen LogP contribution in [-0.4, -0.2) is 50.7 Å². The van der Waals surface area contributed by atoms with Crippen LogP contribution >= 0.6 is 33.2 Å². The fraction of sp³-hybridized carbons (Fsp3) is 0.357. The molecule has 1 fully saturated rings. The van der Waals surface area contributed by atoms with Gasteiger partial charge >= 0.3 is 6.25 Å². The van der Waals surface area contributed by atoms with Gasteiger partial charge in [0.25, 0.3) is 0 Å². The summed E-state index contributed by atoms with van der Waals surface area (Å²) in [6.45, 7) is 1.20. The first-order chi connectivity index (χ1) is 18.4. The Morgan fingerprint density at radius 2 is 1.13 bits per heavy atom. The van der Waals surface area contributed by atoms with Crippen LogP contribution in [0.15, 0.2) is 91.0 Å². The number of halogens is 3. The maximum Gasteiger partial charge on any atom is 0.494 e. The molecule has 3 aromatic carbocycles. The molecular formula is C28H31Cl3O6Si. The van der Waals surface area contributed by atoms with Crippen LogP contribution in [0.1, 0.15) is 16.7 Å². The van der Waals surface area contributed by atoms with Gasteiger partial charge in [-0.15, -0.1) is 0 Å². The van der Waals surface area contributed by atoms with Crippen LogP contribution in [0.2, 0.25) is 0 Å². The van der Waals surface area contributed by atoms with E-state index < -0.39 is 37.0 Å². The Morgan fingerprint density at radius 1 is 0.658 bits per heavy atom. The molecule has 1 aliphatic rings. The molecule has 3 aromatic rings. The van der Waals surface area contributed by atoms with Gasteiger partial charge in [0.1, 0.15) is 24.4 Å². The lowest BCUT2D eigenvalue weighted by molar-refractivity contribution is -0.311. The summed E-state index contributed by atoms with van der Waals surface area (Å²) in [4.78, 5) is 0. The average Bonchev–Trinajstić information content (AvgIpc) is 2.92. The van der Waals surface area contributed by atoms with Crippen molar-refractivity contribution in [1.29, 1.82) is 0 Å². The highest BCUT2D eigenvalue weighted by molar-refractivity contribution is 7.62. The van der Waals surface area contributed by atoms with E-state index in [2.05, 4.69) is 0 Å². The smallest absolute Gasteiger partial charge is 0.374 e. The molecule has 204 valence electrons. The minimum atomic E-state index is -3.60. The fourth-order valence-corrected chi connectivity index (χ4v) is 5.77. The SMILES string of the molecule is CO[C@H]1O[C@H](COCc2ccccc2)[C@@H](OCc2ccccc2)[C@H](O[Si](Cl)(Cl)Cl)[C@H]1OCc1ccccc1. The molecule has 1 heterocycles. The topological polar surface area (TPSA) is 55.4 Å². The molecule has 6 nitrogen and oxygen atoms in total. The van der Waals surface area contributed by atoms with Crippen molar-refractivity contribution in [3.63, 3.8) is 0 Å². The van der Waals surface area contributed by atoms with Gasteiger partial charge in [0, 0.05) is 7.11 Å². The summed E-state index contributed by atoms with van der Waals surface area (Å²) in [5.41, 5.74) is 3.00. The maximum absolute atomic E-state index is 6.40. The second-order valence-electron chi connectivity index (χ2n) is 8.83. The monoisotopic (exact) mass is 596 g/mol. The van der Waals surface area contributed by atoms with Crippen molar-refractivity contribution < 1.29 is 28.1 Å². The molecule has 0 aromatic heterocycles. The first-order valence-electron chi connectivity index (χ1n) is 12.3. The van der Waals surface area contributed by atoms with Crippen molar-refractivity contribution in [2.45, 2.75) is 50.5 Å². The molecule has 0 radical (unpaired) electrons. The van der Waals surface area contributed by atoms with Gasteiger partial charge in [0.15, 0.2) is 6.29 Å². The first-order valence-corrected chi connectivity index (χ1v) is 17.2. The van der Waals surface area contributed by atoms with Gasteiger partial charge in [0.05, 0.1) is 26.4 Å². The summed E-state index contributed by atoms with van der Waals surface area (Å²) in [7, 11) is 1.54. The second-order valence-corrected chi connectivity index (χ2v) is 16.5. The van der Waals surface area contributed by atoms with E-state index in [0.29, 0.717) is 13.2 Å². The molecule has 38 heavy (non-hydrogen) atoms. The predicted molar refractivity (Wildman–Crippen MR) is 150 cm³/mol. The average molecular weight is 598 g/mol. The molecule has 0 saturated carbocycles. The Labute approximate surface area is 238 Å². The van der Waals surface area contributed by atoms with Gasteiger partial charge in [0.2, 0.25) is 0 Å². The zero-order chi connectivity index (χ0) is 26.8. The number of rotatable bonds is 13. The highest BCUT2D eigenvalue weighted by Crippen LogP contribution is 2.35. The lowest BCUT2D eigenvalue weighted by Gasteiger charge is -2.46. The van der Waals surface area contributed by atoms with Gasteiger partial charge in [-0.25, -0.2) is 0 Å². The normalized spacial score (nSPS) is 23.8. The number of hydrogen-bond donors (Lipinski definition) is 0. The summed E-state index contributed by atoms with van der Waals surface area (Å²) in [5.74, 6) is 0. The van der Waals surface area contributed by atoms with Gasteiger partial charge in [-0.3, -0.25) is 0 Å². The van der Waals surface area contributed by atoms with E-state index in [-0.39, 0.29) is 13.2 Å². The summed E-state index contributed by atoms with van der Waals surface area (Å²) < 4.78 is 36.8. The minimum absolute atomic E-state index is 0.209. The van der Waals surface area contributed by atoms with Gasteiger partial charge < -0.3 is 28.1 Å². The van der Waals surface area contributed by atoms with E-state index in [1.54, 1.807) is 7.11 Å². The van der Waals surface area contributed by atoms with Gasteiger partial charge in [-0.1, -0.05) is 124 Å². The van der Waals surface area contributed by atoms with Crippen LogP contribution in [-0.2, 0) is 47.9 Å². The Hall–Kier alpha value is -1.49. The molecule has 10 heteroatoms. The molecule has 0 unspecified atom stereocenters. The lowest BCUT2D eigenvalue weighted by atomic mass is 9.98. The first kappa shape index (κ1) is 29.5. The minimum Gasteiger partial charge on any atom is -0.374 e. The van der Waals surface area contributed by atoms with E-state index in [1.165, 1.54) is 0 Å². The molecule has 0 amide bonds. The zero-order valence-electron chi connectivity index (χ0n) is 21.0. The summed E-state index contributed by atoms with van der Waals surface area (Å²) in [5, 5.41) is 0. The number of benzene rings is 3. The highest BCUT2D eigenvalue weighted by Gasteiger charge is 2.51. The van der Waals surface area contributed by atoms with Crippen molar-refractivity contribution >= 4 is 39.5 Å². The quantitative estimate of drug-likeness (QED) is 0.171. The van der Waals surface area contributed by atoms with Crippen LogP contribution in [0, 0.1) is 0 Å². The molecule has 4 rings (SSSR count). The standard InChI is InChI=1S/C28H31Cl3O6Si/c1-32-28-27(35-19-23-15-9-4-10-16-23)26(37-38(29,30)31)25(34-18-22-13-7-3-8-14-22)24(36-28)20-33-17-21-11-5-2-6-12-21/h2-16,24-28H,17-20H2,1H3/t24-,25-,26+,27-,28+/m1/s1.